The van der Waals surface area contributed by atoms with Crippen molar-refractivity contribution in [3.05, 3.63) is 91.4 Å². The lowest BCUT2D eigenvalue weighted by atomic mass is 10.0. The Hall–Kier alpha value is -6.19. The molecule has 1 saturated carbocycles. The molecule has 3 aromatic heterocycles. The van der Waals surface area contributed by atoms with Crippen molar-refractivity contribution in [1.82, 2.24) is 30.6 Å². The molecular formula is C43H54N12O7. The van der Waals surface area contributed by atoms with Crippen LogP contribution in [-0.4, -0.2) is 128 Å². The Labute approximate surface area is 358 Å². The Bertz CT molecular complexity index is 2360. The molecule has 19 nitrogen and oxygen atoms in total. The van der Waals surface area contributed by atoms with Gasteiger partial charge in [-0.1, -0.05) is 86.1 Å². The fourth-order valence-corrected chi connectivity index (χ4v) is 6.23. The van der Waals surface area contributed by atoms with Crippen LogP contribution in [0.1, 0.15) is 51.9 Å². The average Bonchev–Trinajstić information content (AvgIpc) is 3.53. The first kappa shape index (κ1) is 46.9. The molecule has 3 heterocycles. The van der Waals surface area contributed by atoms with Gasteiger partial charge < -0.3 is 35.7 Å². The van der Waals surface area contributed by atoms with Crippen molar-refractivity contribution in [1.29, 1.82) is 0 Å². The maximum absolute atomic E-state index is 9.62. The van der Waals surface area contributed by atoms with Gasteiger partial charge in [-0.2, -0.15) is 30.6 Å². The Balaban J connectivity index is 0.000000176. The number of rotatable bonds is 15. The summed E-state index contributed by atoms with van der Waals surface area (Å²) in [6, 6.07) is 23.2. The molecule has 6 atom stereocenters. The van der Waals surface area contributed by atoms with E-state index in [1.165, 1.54) is 37.4 Å². The van der Waals surface area contributed by atoms with Crippen molar-refractivity contribution in [2.24, 2.45) is 21.2 Å². The van der Waals surface area contributed by atoms with Gasteiger partial charge in [0.15, 0.2) is 17.5 Å². The van der Waals surface area contributed by atoms with E-state index in [1.807, 2.05) is 72.8 Å². The van der Waals surface area contributed by atoms with Gasteiger partial charge in [0, 0.05) is 63.3 Å². The fraction of sp³-hybridized carbons (Fsp3) is 0.372. The summed E-state index contributed by atoms with van der Waals surface area (Å²) >= 11 is 0. The second-order valence-corrected chi connectivity index (χ2v) is 14.6. The van der Waals surface area contributed by atoms with Gasteiger partial charge in [-0.25, -0.2) is 0 Å². The van der Waals surface area contributed by atoms with Crippen LogP contribution in [0.5, 0.6) is 0 Å². The van der Waals surface area contributed by atoms with Crippen LogP contribution in [0, 0.1) is 5.92 Å². The average molecular weight is 851 g/mol. The van der Waals surface area contributed by atoms with Crippen molar-refractivity contribution in [2.45, 2.75) is 82.4 Å². The van der Waals surface area contributed by atoms with E-state index in [2.05, 4.69) is 69.1 Å². The molecule has 3 aromatic carbocycles. The van der Waals surface area contributed by atoms with Gasteiger partial charge in [-0.05, 0) is 31.6 Å². The first-order valence-corrected chi connectivity index (χ1v) is 20.3. The summed E-state index contributed by atoms with van der Waals surface area (Å²) in [4.78, 5) is 0. The molecular weight excluding hydrogens is 797 g/mol. The minimum absolute atomic E-state index is 0.00339. The highest BCUT2D eigenvalue weighted by Gasteiger charge is 2.23. The van der Waals surface area contributed by atoms with E-state index in [-0.39, 0.29) is 12.8 Å². The number of nitrogens with zero attached hydrogens (tertiary/aromatic N) is 9. The number of benzene rings is 3. The van der Waals surface area contributed by atoms with Crippen LogP contribution in [0.25, 0.3) is 32.3 Å². The molecule has 19 heteroatoms. The number of fused-ring (bicyclic) bond motifs is 3. The zero-order chi connectivity index (χ0) is 44.1. The topological polar surface area (TPSA) is 292 Å². The van der Waals surface area contributed by atoms with Crippen LogP contribution in [-0.2, 0) is 0 Å². The Morgan fingerprint density at radius 1 is 0.581 bits per heavy atom. The molecule has 1 aliphatic rings. The molecule has 6 unspecified atom stereocenters. The molecule has 62 heavy (non-hydrogen) atoms. The Kier molecular flexibility index (Phi) is 18.8. The largest absolute Gasteiger partial charge is 0.394 e. The molecule has 1 fully saturated rings. The van der Waals surface area contributed by atoms with Crippen molar-refractivity contribution in [3.8, 4) is 0 Å². The van der Waals surface area contributed by atoms with Gasteiger partial charge in [-0.15, -0.1) is 15.3 Å². The summed E-state index contributed by atoms with van der Waals surface area (Å²) < 4.78 is 0. The maximum Gasteiger partial charge on any atom is 0.176 e. The standard InChI is InChI=1S/C16H20N4.C14H18N4O4.C13H16N4O3/c1-12-5-4-7-14(10-9-12)18-20-16-15-8-3-2-6-13(15)11-17-19-16;19-8-12(21)13(22)11(20)5-6-15-17-14-10-4-2-1-3-9(10)7-16-18-14;18-8-12(20)11(19)5-6-14-16-13-10-4-2-1-3-9(10)7-15-17-13/h2-3,6,8,11-12H,4-5,7,9-10H2,1H3,(H,19,20);1-4,6-7,11-13,19-22H,5,8H2,(H,17,18);1-4,6-7,11-12,18-20H,5,8H2,(H,16,17)/b18-14+;15-6+;14-6+. The Morgan fingerprint density at radius 2 is 1.03 bits per heavy atom. The normalized spacial score (nSPS) is 17.4. The summed E-state index contributed by atoms with van der Waals surface area (Å²) in [5, 5.41) is 106. The summed E-state index contributed by atoms with van der Waals surface area (Å²) in [6.07, 6.45) is 7.65. The number of aliphatic hydroxyl groups is 7. The van der Waals surface area contributed by atoms with Gasteiger partial charge in [0.2, 0.25) is 0 Å². The molecule has 328 valence electrons. The van der Waals surface area contributed by atoms with E-state index in [1.54, 1.807) is 18.6 Å². The number of hydrogen-bond acceptors (Lipinski definition) is 19. The lowest BCUT2D eigenvalue weighted by Crippen LogP contribution is -2.39. The highest BCUT2D eigenvalue weighted by atomic mass is 16.4. The number of nitrogens with one attached hydrogen (secondary N) is 3. The zero-order valence-corrected chi connectivity index (χ0v) is 34.3. The molecule has 7 rings (SSSR count). The van der Waals surface area contributed by atoms with E-state index >= 15 is 0 Å². The highest BCUT2D eigenvalue weighted by molar-refractivity contribution is 5.93. The van der Waals surface area contributed by atoms with Crippen LogP contribution in [0.15, 0.2) is 107 Å². The number of aliphatic hydroxyl groups excluding tert-OH is 7. The second-order valence-electron chi connectivity index (χ2n) is 14.6. The molecule has 1 aliphatic carbocycles. The van der Waals surface area contributed by atoms with Crippen molar-refractivity contribution >= 4 is 67.9 Å². The smallest absolute Gasteiger partial charge is 0.176 e. The maximum atomic E-state index is 9.62. The van der Waals surface area contributed by atoms with Crippen LogP contribution >= 0.6 is 0 Å². The summed E-state index contributed by atoms with van der Waals surface area (Å²) in [6.45, 7) is 1.21. The first-order valence-electron chi connectivity index (χ1n) is 20.3. The van der Waals surface area contributed by atoms with Gasteiger partial charge in [0.05, 0.1) is 44.0 Å². The zero-order valence-electron chi connectivity index (χ0n) is 34.3. The molecule has 0 spiro atoms. The summed E-state index contributed by atoms with van der Waals surface area (Å²) in [7, 11) is 0. The van der Waals surface area contributed by atoms with E-state index in [0.717, 1.165) is 56.9 Å². The third-order valence-electron chi connectivity index (χ3n) is 9.94. The molecule has 0 bridgehead atoms. The predicted octanol–water partition coefficient (Wildman–Crippen LogP) is 3.62. The van der Waals surface area contributed by atoms with E-state index < -0.39 is 43.7 Å². The van der Waals surface area contributed by atoms with Gasteiger partial charge >= 0.3 is 0 Å². The molecule has 10 N–H and O–H groups in total. The number of hydrogen-bond donors (Lipinski definition) is 10. The number of hydrazone groups is 3. The molecule has 6 aromatic rings. The van der Waals surface area contributed by atoms with Crippen LogP contribution in [0.3, 0.4) is 0 Å². The fourth-order valence-electron chi connectivity index (χ4n) is 6.23. The van der Waals surface area contributed by atoms with E-state index in [9.17, 15) is 25.5 Å². The lowest BCUT2D eigenvalue weighted by Gasteiger charge is -2.19. The van der Waals surface area contributed by atoms with Gasteiger partial charge in [0.1, 0.15) is 18.3 Å². The minimum atomic E-state index is -1.44. The SMILES string of the molecule is CC1CCC/C(=N\Nc2nncc3ccccc23)CC1.OCC(O)C(O)C(O)C/C=N/Nc1nncc2ccccc12.OCC(O)C(O)C/C=N/Nc1nncc2ccccc12. The van der Waals surface area contributed by atoms with Crippen molar-refractivity contribution in [3.63, 3.8) is 0 Å². The predicted molar refractivity (Wildman–Crippen MR) is 240 cm³/mol. The minimum Gasteiger partial charge on any atom is -0.394 e. The second kappa shape index (κ2) is 24.9. The number of anilines is 3. The Morgan fingerprint density at radius 3 is 1.52 bits per heavy atom. The molecule has 0 aliphatic heterocycles. The van der Waals surface area contributed by atoms with Crippen molar-refractivity contribution in [2.75, 3.05) is 29.5 Å². The third kappa shape index (κ3) is 14.2. The lowest BCUT2D eigenvalue weighted by molar-refractivity contribution is -0.0732. The van der Waals surface area contributed by atoms with Gasteiger partial charge in [0.25, 0.3) is 0 Å². The van der Waals surface area contributed by atoms with E-state index in [0.29, 0.717) is 11.6 Å². The number of aromatic nitrogens is 6. The third-order valence-corrected chi connectivity index (χ3v) is 9.94. The van der Waals surface area contributed by atoms with Crippen molar-refractivity contribution < 1.29 is 35.7 Å². The molecule has 0 saturated heterocycles. The quantitative estimate of drug-likeness (QED) is 0.0401. The summed E-state index contributed by atoms with van der Waals surface area (Å²) in [5.74, 6) is 2.55. The van der Waals surface area contributed by atoms with Crippen LogP contribution < -0.4 is 16.3 Å². The monoisotopic (exact) mass is 850 g/mol. The highest BCUT2D eigenvalue weighted by Crippen LogP contribution is 2.23. The molecule has 0 amide bonds. The van der Waals surface area contributed by atoms with Gasteiger partial charge in [-0.3, -0.25) is 16.3 Å². The van der Waals surface area contributed by atoms with E-state index in [4.69, 9.17) is 10.2 Å². The van der Waals surface area contributed by atoms with Crippen LogP contribution in [0.2, 0.25) is 0 Å². The molecule has 0 radical (unpaired) electrons. The summed E-state index contributed by atoms with van der Waals surface area (Å²) in [5.41, 5.74) is 9.83. The first-order chi connectivity index (χ1) is 30.2. The van der Waals surface area contributed by atoms with Crippen LogP contribution in [0.4, 0.5) is 17.5 Å².